The molecule has 0 aromatic carbocycles. The normalized spacial score (nSPS) is 10.9. The highest BCUT2D eigenvalue weighted by Crippen LogP contribution is 2.18. The fourth-order valence-corrected chi connectivity index (χ4v) is 5.21. The van der Waals surface area contributed by atoms with Crippen molar-refractivity contribution < 1.29 is 38.9 Å². The summed E-state index contributed by atoms with van der Waals surface area (Å²) in [6.45, 7) is 15.6. The molecule has 0 aromatic rings. The standard InChI is InChI=1S/C22H42O4.C16H30O2.C4H6O2.4CH4/c1-4-6-7-8-9-10-11-12-13-14-15-26-18-22(25)19(3)16-20(5-2)21(24)17-23;1-3-5-6-7-8-9-10-11-12-13-14-18-15-16(17)4-2;1-2-4(6)3-5;;;;/h19-20,23H,4-18H2,1-3H3;4H,2-3,5-15H2,1H3;2,5H,1,3H2;4*1H4. The molecule has 0 radical (unpaired) electrons. The van der Waals surface area contributed by atoms with E-state index in [1.807, 2.05) is 13.8 Å². The fraction of sp³-hybridized carbons (Fsp3) is 0.826. The molecule has 0 fully saturated rings. The predicted molar refractivity (Wildman–Crippen MR) is 234 cm³/mol. The molecule has 0 saturated carbocycles. The molecule has 0 aliphatic rings. The second-order valence-corrected chi connectivity index (χ2v) is 13.3. The lowest BCUT2D eigenvalue weighted by Gasteiger charge is -2.17. The number of ether oxygens (including phenoxy) is 2. The molecule has 2 N–H and O–H groups in total. The Balaban J connectivity index is -0.000000138. The topological polar surface area (TPSA) is 127 Å². The van der Waals surface area contributed by atoms with E-state index >= 15 is 0 Å². The maximum atomic E-state index is 12.1. The van der Waals surface area contributed by atoms with E-state index in [1.165, 1.54) is 122 Å². The lowest BCUT2D eigenvalue weighted by Crippen LogP contribution is -2.25. The maximum absolute atomic E-state index is 12.1. The third kappa shape index (κ3) is 52.1. The SMILES string of the molecule is C.C.C.C.C=CC(=O)CO.C=CC(=O)COCCCCCCCCCCCC.CCCCCCCCCCCCOCC(=O)C(C)CC(CC)C(=O)CO. The minimum atomic E-state index is -0.436. The first-order valence-electron chi connectivity index (χ1n) is 19.9. The molecule has 0 bridgehead atoms. The van der Waals surface area contributed by atoms with Gasteiger partial charge in [-0.15, -0.1) is 0 Å². The number of carbonyl (C=O) groups excluding carboxylic acids is 4. The molecule has 326 valence electrons. The summed E-state index contributed by atoms with van der Waals surface area (Å²) >= 11 is 0. The van der Waals surface area contributed by atoms with Gasteiger partial charge in [-0.25, -0.2) is 0 Å². The zero-order valence-electron chi connectivity index (χ0n) is 32.9. The summed E-state index contributed by atoms with van der Waals surface area (Å²) in [4.78, 5) is 44.3. The van der Waals surface area contributed by atoms with Gasteiger partial charge >= 0.3 is 0 Å². The van der Waals surface area contributed by atoms with Crippen molar-refractivity contribution >= 4 is 23.1 Å². The van der Waals surface area contributed by atoms with Gasteiger partial charge in [0, 0.05) is 25.0 Å². The Morgan fingerprint density at radius 3 is 1.17 bits per heavy atom. The zero-order valence-corrected chi connectivity index (χ0v) is 32.9. The molecule has 0 aliphatic heterocycles. The van der Waals surface area contributed by atoms with Crippen LogP contribution in [0, 0.1) is 11.8 Å². The lowest BCUT2D eigenvalue weighted by molar-refractivity contribution is -0.130. The van der Waals surface area contributed by atoms with Crippen LogP contribution in [0.2, 0.25) is 0 Å². The van der Waals surface area contributed by atoms with Crippen molar-refractivity contribution in [1.29, 1.82) is 0 Å². The van der Waals surface area contributed by atoms with Gasteiger partial charge in [-0.3, -0.25) is 19.2 Å². The maximum Gasteiger partial charge on any atom is 0.180 e. The van der Waals surface area contributed by atoms with Crippen LogP contribution in [0.1, 0.15) is 199 Å². The second kappa shape index (κ2) is 55.3. The monoisotopic (exact) mass is 775 g/mol. The molecule has 2 unspecified atom stereocenters. The van der Waals surface area contributed by atoms with Crippen LogP contribution >= 0.6 is 0 Å². The molecular formula is C46H94O8. The van der Waals surface area contributed by atoms with E-state index in [1.54, 1.807) is 0 Å². The second-order valence-electron chi connectivity index (χ2n) is 13.3. The molecule has 0 heterocycles. The lowest BCUT2D eigenvalue weighted by atomic mass is 9.88. The fourth-order valence-electron chi connectivity index (χ4n) is 5.21. The first-order valence-corrected chi connectivity index (χ1v) is 19.9. The van der Waals surface area contributed by atoms with Crippen molar-refractivity contribution in [2.24, 2.45) is 11.8 Å². The summed E-state index contributed by atoms with van der Waals surface area (Å²) < 4.78 is 10.7. The highest BCUT2D eigenvalue weighted by atomic mass is 16.5. The van der Waals surface area contributed by atoms with Crippen LogP contribution in [0.5, 0.6) is 0 Å². The summed E-state index contributed by atoms with van der Waals surface area (Å²) in [6.07, 6.45) is 29.7. The van der Waals surface area contributed by atoms with Gasteiger partial charge in [0.1, 0.15) is 26.4 Å². The van der Waals surface area contributed by atoms with Crippen LogP contribution in [0.15, 0.2) is 25.3 Å². The first kappa shape index (κ1) is 66.8. The van der Waals surface area contributed by atoms with Gasteiger partial charge in [0.2, 0.25) is 0 Å². The number of aliphatic hydroxyl groups is 2. The number of unbranched alkanes of at least 4 members (excludes halogenated alkanes) is 18. The van der Waals surface area contributed by atoms with Gasteiger partial charge in [-0.1, -0.05) is 186 Å². The molecule has 0 amide bonds. The van der Waals surface area contributed by atoms with E-state index in [0.717, 1.165) is 18.9 Å². The summed E-state index contributed by atoms with van der Waals surface area (Å²) in [5.41, 5.74) is 0. The van der Waals surface area contributed by atoms with Crippen molar-refractivity contribution in [3.8, 4) is 0 Å². The number of hydrogen-bond donors (Lipinski definition) is 2. The average molecular weight is 775 g/mol. The Morgan fingerprint density at radius 2 is 0.870 bits per heavy atom. The summed E-state index contributed by atoms with van der Waals surface area (Å²) in [7, 11) is 0. The molecule has 0 aliphatic carbocycles. The van der Waals surface area contributed by atoms with Crippen LogP contribution < -0.4 is 0 Å². The quantitative estimate of drug-likeness (QED) is 0.0481. The van der Waals surface area contributed by atoms with E-state index in [9.17, 15) is 19.2 Å². The Bertz CT molecular complexity index is 811. The van der Waals surface area contributed by atoms with E-state index in [0.29, 0.717) is 26.1 Å². The third-order valence-electron chi connectivity index (χ3n) is 8.68. The first-order chi connectivity index (χ1) is 24.2. The van der Waals surface area contributed by atoms with Crippen molar-refractivity contribution in [3.63, 3.8) is 0 Å². The van der Waals surface area contributed by atoms with Gasteiger partial charge in [0.15, 0.2) is 23.1 Å². The molecular weight excluding hydrogens is 680 g/mol. The smallest absolute Gasteiger partial charge is 0.180 e. The van der Waals surface area contributed by atoms with Gasteiger partial charge in [0.05, 0.1) is 0 Å². The van der Waals surface area contributed by atoms with Gasteiger partial charge in [0.25, 0.3) is 0 Å². The number of ketones is 4. The Morgan fingerprint density at radius 1 is 0.519 bits per heavy atom. The highest BCUT2D eigenvalue weighted by Gasteiger charge is 2.22. The Hall–Kier alpha value is -2.00. The zero-order chi connectivity index (χ0) is 38.1. The molecule has 8 heteroatoms. The molecule has 54 heavy (non-hydrogen) atoms. The minimum absolute atomic E-state index is 0. The molecule has 0 aromatic heterocycles. The van der Waals surface area contributed by atoms with Crippen LogP contribution in [0.25, 0.3) is 0 Å². The van der Waals surface area contributed by atoms with Crippen molar-refractivity contribution in [2.75, 3.05) is 39.6 Å². The molecule has 8 nitrogen and oxygen atoms in total. The number of carbonyl (C=O) groups is 4. The number of hydrogen-bond acceptors (Lipinski definition) is 8. The van der Waals surface area contributed by atoms with E-state index in [4.69, 9.17) is 19.7 Å². The van der Waals surface area contributed by atoms with Crippen molar-refractivity contribution in [1.82, 2.24) is 0 Å². The number of Topliss-reactive ketones (excluding diaryl/α,β-unsaturated/α-hetero) is 2. The van der Waals surface area contributed by atoms with Gasteiger partial charge in [-0.2, -0.15) is 0 Å². The largest absolute Gasteiger partial charge is 0.389 e. The minimum Gasteiger partial charge on any atom is -0.389 e. The van der Waals surface area contributed by atoms with Crippen molar-refractivity contribution in [2.45, 2.75) is 199 Å². The third-order valence-corrected chi connectivity index (χ3v) is 8.68. The predicted octanol–water partition coefficient (Wildman–Crippen LogP) is 12.1. The Labute approximate surface area is 336 Å². The summed E-state index contributed by atoms with van der Waals surface area (Å²) in [5.74, 6) is -0.888. The molecule has 2 atom stereocenters. The molecule has 0 saturated heterocycles. The summed E-state index contributed by atoms with van der Waals surface area (Å²) in [5, 5.41) is 16.9. The summed E-state index contributed by atoms with van der Waals surface area (Å²) in [6, 6.07) is 0. The van der Waals surface area contributed by atoms with Gasteiger partial charge in [-0.05, 0) is 37.8 Å². The van der Waals surface area contributed by atoms with Crippen LogP contribution in [-0.4, -0.2) is 73.0 Å². The Kier molecular flexibility index (Phi) is 68.4. The van der Waals surface area contributed by atoms with Crippen molar-refractivity contribution in [3.05, 3.63) is 25.3 Å². The highest BCUT2D eigenvalue weighted by molar-refractivity contribution is 5.90. The van der Waals surface area contributed by atoms with E-state index in [-0.39, 0.29) is 77.9 Å². The number of rotatable bonds is 35. The molecule has 0 spiro atoms. The van der Waals surface area contributed by atoms with E-state index < -0.39 is 13.2 Å². The molecule has 0 rings (SSSR count). The van der Waals surface area contributed by atoms with E-state index in [2.05, 4.69) is 27.0 Å². The van der Waals surface area contributed by atoms with Crippen LogP contribution in [-0.2, 0) is 28.7 Å². The average Bonchev–Trinajstić information content (AvgIpc) is 3.14. The van der Waals surface area contributed by atoms with Gasteiger partial charge < -0.3 is 19.7 Å². The number of aliphatic hydroxyl groups excluding tert-OH is 2. The van der Waals surface area contributed by atoms with Crippen LogP contribution in [0.4, 0.5) is 0 Å². The van der Waals surface area contributed by atoms with Crippen LogP contribution in [0.3, 0.4) is 0 Å².